The van der Waals surface area contributed by atoms with E-state index in [1.165, 1.54) is 17.3 Å². The summed E-state index contributed by atoms with van der Waals surface area (Å²) in [4.78, 5) is 17.0. The molecular formula is C21H28N4OS. The summed E-state index contributed by atoms with van der Waals surface area (Å²) in [6, 6.07) is 10.6. The van der Waals surface area contributed by atoms with Crippen LogP contribution in [-0.4, -0.2) is 26.2 Å². The average Bonchev–Trinajstić information content (AvgIpc) is 3.09. The van der Waals surface area contributed by atoms with E-state index in [-0.39, 0.29) is 17.1 Å². The highest BCUT2D eigenvalue weighted by Crippen LogP contribution is 2.26. The van der Waals surface area contributed by atoms with Gasteiger partial charge in [-0.25, -0.2) is 4.98 Å². The Bertz CT molecular complexity index is 819. The van der Waals surface area contributed by atoms with Crippen molar-refractivity contribution in [3.63, 3.8) is 0 Å². The number of nitriles is 1. The second kappa shape index (κ2) is 8.62. The van der Waals surface area contributed by atoms with Gasteiger partial charge in [-0.15, -0.1) is 0 Å². The van der Waals surface area contributed by atoms with Gasteiger partial charge < -0.3 is 5.32 Å². The number of carbonyl (C=O) groups excluding carboxylic acids is 1. The van der Waals surface area contributed by atoms with E-state index in [0.717, 1.165) is 10.8 Å². The maximum Gasteiger partial charge on any atom is 0.234 e. The number of thioether (sulfide) groups is 1. The molecule has 2 aromatic rings. The van der Waals surface area contributed by atoms with Crippen LogP contribution in [0.2, 0.25) is 0 Å². The van der Waals surface area contributed by atoms with Crippen LogP contribution in [0.15, 0.2) is 41.8 Å². The van der Waals surface area contributed by atoms with E-state index in [4.69, 9.17) is 0 Å². The van der Waals surface area contributed by atoms with Crippen molar-refractivity contribution in [1.29, 1.82) is 5.26 Å². The summed E-state index contributed by atoms with van der Waals surface area (Å²) >= 11 is 1.38. The van der Waals surface area contributed by atoms with Crippen molar-refractivity contribution in [2.24, 2.45) is 5.92 Å². The summed E-state index contributed by atoms with van der Waals surface area (Å²) < 4.78 is 1.98. The van der Waals surface area contributed by atoms with E-state index in [0.29, 0.717) is 5.92 Å². The Morgan fingerprint density at radius 3 is 2.37 bits per heavy atom. The molecule has 0 saturated heterocycles. The molecule has 5 nitrogen and oxygen atoms in total. The molecule has 2 rings (SSSR count). The highest BCUT2D eigenvalue weighted by molar-refractivity contribution is 8.00. The number of rotatable bonds is 7. The molecule has 6 heteroatoms. The van der Waals surface area contributed by atoms with Gasteiger partial charge in [-0.2, -0.15) is 5.26 Å². The Labute approximate surface area is 166 Å². The lowest BCUT2D eigenvalue weighted by atomic mass is 9.90. The molecule has 0 aliphatic heterocycles. The molecule has 2 atom stereocenters. The Morgan fingerprint density at radius 1 is 1.22 bits per heavy atom. The minimum absolute atomic E-state index is 0.0186. The van der Waals surface area contributed by atoms with Crippen LogP contribution in [-0.2, 0) is 4.79 Å². The van der Waals surface area contributed by atoms with Gasteiger partial charge >= 0.3 is 0 Å². The van der Waals surface area contributed by atoms with Crippen LogP contribution in [0.1, 0.15) is 53.0 Å². The van der Waals surface area contributed by atoms with E-state index in [2.05, 4.69) is 54.5 Å². The molecule has 1 aromatic carbocycles. The monoisotopic (exact) mass is 384 g/mol. The zero-order chi connectivity index (χ0) is 20.2. The van der Waals surface area contributed by atoms with Gasteiger partial charge in [0.1, 0.15) is 5.54 Å². The van der Waals surface area contributed by atoms with Gasteiger partial charge in [0.05, 0.1) is 11.3 Å². The minimum Gasteiger partial charge on any atom is -0.337 e. The summed E-state index contributed by atoms with van der Waals surface area (Å²) in [5.74, 6) is 0.336. The van der Waals surface area contributed by atoms with Gasteiger partial charge in [0.2, 0.25) is 5.91 Å². The zero-order valence-corrected chi connectivity index (χ0v) is 17.7. The molecule has 1 aromatic heterocycles. The van der Waals surface area contributed by atoms with Crippen molar-refractivity contribution >= 4 is 17.7 Å². The molecule has 1 amide bonds. The second-order valence-electron chi connectivity index (χ2n) is 7.54. The first-order valence-electron chi connectivity index (χ1n) is 9.21. The van der Waals surface area contributed by atoms with Crippen molar-refractivity contribution < 1.29 is 4.79 Å². The average molecular weight is 385 g/mol. The molecule has 0 aliphatic carbocycles. The number of nitrogens with zero attached hydrogens (tertiary/aromatic N) is 3. The molecule has 144 valence electrons. The zero-order valence-electron chi connectivity index (χ0n) is 16.9. The summed E-state index contributed by atoms with van der Waals surface area (Å²) in [5, 5.41) is 12.7. The van der Waals surface area contributed by atoms with Gasteiger partial charge in [-0.05, 0) is 43.4 Å². The van der Waals surface area contributed by atoms with Gasteiger partial charge in [0.15, 0.2) is 5.16 Å². The fraction of sp³-hybridized carbons (Fsp3) is 0.476. The van der Waals surface area contributed by atoms with E-state index in [1.54, 1.807) is 13.1 Å². The third kappa shape index (κ3) is 4.92. The number of hydrogen-bond acceptors (Lipinski definition) is 4. The molecule has 0 radical (unpaired) electrons. The van der Waals surface area contributed by atoms with Crippen LogP contribution in [0.3, 0.4) is 0 Å². The highest BCUT2D eigenvalue weighted by atomic mass is 32.2. The van der Waals surface area contributed by atoms with Crippen molar-refractivity contribution in [1.82, 2.24) is 14.9 Å². The Balaban J connectivity index is 2.14. The largest absolute Gasteiger partial charge is 0.337 e. The molecule has 1 heterocycles. The Hall–Kier alpha value is -2.26. The van der Waals surface area contributed by atoms with Crippen LogP contribution in [0.5, 0.6) is 0 Å². The van der Waals surface area contributed by atoms with E-state index >= 15 is 0 Å². The third-order valence-corrected chi connectivity index (χ3v) is 5.95. The van der Waals surface area contributed by atoms with E-state index < -0.39 is 5.54 Å². The highest BCUT2D eigenvalue weighted by Gasteiger charge is 2.32. The minimum atomic E-state index is -0.881. The molecule has 1 N–H and O–H groups in total. The van der Waals surface area contributed by atoms with Gasteiger partial charge in [-0.1, -0.05) is 51.6 Å². The smallest absolute Gasteiger partial charge is 0.234 e. The van der Waals surface area contributed by atoms with Crippen LogP contribution in [0.4, 0.5) is 0 Å². The Kier molecular flexibility index (Phi) is 6.72. The van der Waals surface area contributed by atoms with Crippen molar-refractivity contribution in [2.45, 2.75) is 63.4 Å². The standard InChI is InChI=1S/C21H28N4OS/c1-14(2)17-7-9-18(10-8-17)25-12-11-23-20(25)27-16(5)19(26)24-21(6,13-22)15(3)4/h7-12,14-16H,1-6H3,(H,24,26). The molecule has 0 fully saturated rings. The number of nitrogens with one attached hydrogen (secondary N) is 1. The third-order valence-electron chi connectivity index (χ3n) is 4.87. The quantitative estimate of drug-likeness (QED) is 0.712. The first kappa shape index (κ1) is 21.0. The van der Waals surface area contributed by atoms with Crippen molar-refractivity contribution in [2.75, 3.05) is 0 Å². The summed E-state index contributed by atoms with van der Waals surface area (Å²) in [6.45, 7) is 11.8. The molecular weight excluding hydrogens is 356 g/mol. The van der Waals surface area contributed by atoms with Crippen LogP contribution in [0.25, 0.3) is 5.69 Å². The summed E-state index contributed by atoms with van der Waals surface area (Å²) in [5.41, 5.74) is 1.41. The number of aromatic nitrogens is 2. The first-order chi connectivity index (χ1) is 12.7. The number of amides is 1. The van der Waals surface area contributed by atoms with Crippen LogP contribution in [0, 0.1) is 17.2 Å². The topological polar surface area (TPSA) is 70.7 Å². The molecule has 2 unspecified atom stereocenters. The second-order valence-corrected chi connectivity index (χ2v) is 8.85. The molecule has 0 aliphatic rings. The maximum atomic E-state index is 12.6. The number of carbonyl (C=O) groups is 1. The normalized spacial score (nSPS) is 14.6. The summed E-state index contributed by atoms with van der Waals surface area (Å²) in [6.07, 6.45) is 3.63. The molecule has 0 bridgehead atoms. The fourth-order valence-corrected chi connectivity index (χ4v) is 3.35. The maximum absolute atomic E-state index is 12.6. The van der Waals surface area contributed by atoms with Gasteiger partial charge in [0.25, 0.3) is 0 Å². The summed E-state index contributed by atoms with van der Waals surface area (Å²) in [7, 11) is 0. The lowest BCUT2D eigenvalue weighted by Crippen LogP contribution is -2.51. The molecule has 0 saturated carbocycles. The predicted octanol–water partition coefficient (Wildman–Crippen LogP) is 4.53. The molecule has 0 spiro atoms. The number of benzene rings is 1. The fourth-order valence-electron chi connectivity index (χ4n) is 2.46. The van der Waals surface area contributed by atoms with E-state index in [1.807, 2.05) is 31.5 Å². The Morgan fingerprint density at radius 2 is 1.85 bits per heavy atom. The van der Waals surface area contributed by atoms with Crippen molar-refractivity contribution in [3.8, 4) is 11.8 Å². The predicted molar refractivity (Wildman–Crippen MR) is 110 cm³/mol. The van der Waals surface area contributed by atoms with Crippen LogP contribution >= 0.6 is 11.8 Å². The number of hydrogen-bond donors (Lipinski definition) is 1. The SMILES string of the molecule is CC(Sc1nccn1-c1ccc(C(C)C)cc1)C(=O)NC(C)(C#N)C(C)C. The van der Waals surface area contributed by atoms with Gasteiger partial charge in [0, 0.05) is 18.1 Å². The lowest BCUT2D eigenvalue weighted by Gasteiger charge is -2.28. The lowest BCUT2D eigenvalue weighted by molar-refractivity contribution is -0.121. The first-order valence-corrected chi connectivity index (χ1v) is 10.1. The van der Waals surface area contributed by atoms with E-state index in [9.17, 15) is 10.1 Å². The molecule has 27 heavy (non-hydrogen) atoms. The van der Waals surface area contributed by atoms with Crippen molar-refractivity contribution in [3.05, 3.63) is 42.2 Å². The van der Waals surface area contributed by atoms with Crippen LogP contribution < -0.4 is 5.32 Å². The number of imidazole rings is 1. The van der Waals surface area contributed by atoms with Gasteiger partial charge in [-0.3, -0.25) is 9.36 Å².